The van der Waals surface area contributed by atoms with E-state index in [-0.39, 0.29) is 16.8 Å². The number of likely N-dealkylation sites (N-methyl/N-ethyl adjacent to an activating group) is 1. The van der Waals surface area contributed by atoms with E-state index in [1.165, 1.54) is 0 Å². The van der Waals surface area contributed by atoms with Gasteiger partial charge in [-0.05, 0) is 32.0 Å². The first-order chi connectivity index (χ1) is 11.4. The van der Waals surface area contributed by atoms with E-state index in [0.29, 0.717) is 37.3 Å². The molecule has 0 radical (unpaired) electrons. The van der Waals surface area contributed by atoms with Gasteiger partial charge in [-0.1, -0.05) is 19.1 Å². The Hall–Kier alpha value is -1.93. The minimum absolute atomic E-state index is 0.0210. The number of sulfonamides is 1. The Morgan fingerprint density at radius 3 is 2.83 bits per heavy atom. The van der Waals surface area contributed by atoms with E-state index < -0.39 is 10.0 Å². The van der Waals surface area contributed by atoms with E-state index in [9.17, 15) is 13.2 Å². The first-order valence-electron chi connectivity index (χ1n) is 8.10. The number of rotatable bonds is 8. The number of benzene rings is 1. The summed E-state index contributed by atoms with van der Waals surface area (Å²) in [5, 5.41) is 6.08. The molecule has 0 bridgehead atoms. The molecule has 1 atom stereocenters. The van der Waals surface area contributed by atoms with Crippen LogP contribution in [0.2, 0.25) is 0 Å². The van der Waals surface area contributed by atoms with E-state index in [4.69, 9.17) is 0 Å². The molecule has 0 saturated carbocycles. The molecule has 1 aromatic carbocycles. The lowest BCUT2D eigenvalue weighted by atomic mass is 10.2. The van der Waals surface area contributed by atoms with Crippen LogP contribution in [0.25, 0.3) is 0 Å². The van der Waals surface area contributed by atoms with Gasteiger partial charge in [-0.25, -0.2) is 8.42 Å². The molecular formula is C16H24N4O3S. The maximum Gasteiger partial charge on any atom is 0.263 e. The summed E-state index contributed by atoms with van der Waals surface area (Å²) in [5.74, 6) is 0.333. The number of carbonyl (C=O) groups excluding carboxylic acids is 1. The molecule has 1 heterocycles. The van der Waals surface area contributed by atoms with E-state index >= 15 is 0 Å². The van der Waals surface area contributed by atoms with Crippen LogP contribution in [-0.4, -0.2) is 45.8 Å². The van der Waals surface area contributed by atoms with Crippen LogP contribution < -0.4 is 15.4 Å². The van der Waals surface area contributed by atoms with Gasteiger partial charge in [-0.2, -0.15) is 0 Å². The molecule has 132 valence electrons. The van der Waals surface area contributed by atoms with E-state index in [0.717, 1.165) is 6.54 Å². The molecule has 2 rings (SSSR count). The number of nitrogens with one attached hydrogen (secondary N) is 3. The van der Waals surface area contributed by atoms with Crippen LogP contribution >= 0.6 is 0 Å². The molecule has 0 fully saturated rings. The smallest absolute Gasteiger partial charge is 0.263 e. The Bertz CT molecular complexity index is 716. The highest BCUT2D eigenvalue weighted by atomic mass is 32.2. The van der Waals surface area contributed by atoms with Crippen molar-refractivity contribution in [2.24, 2.45) is 4.99 Å². The van der Waals surface area contributed by atoms with Gasteiger partial charge in [0.05, 0.1) is 4.90 Å². The minimum Gasteiger partial charge on any atom is -0.355 e. The average Bonchev–Trinajstić information content (AvgIpc) is 2.81. The molecule has 0 aliphatic carbocycles. The normalized spacial score (nSPS) is 18.0. The molecule has 1 aliphatic rings. The van der Waals surface area contributed by atoms with E-state index in [2.05, 4.69) is 20.3 Å². The standard InChI is InChI=1S/C16H24N4O3S/c1-3-17-12(2)11-19-15(21)9-6-10-18-16-13-7-4-5-8-14(13)24(22,23)20-16/h4-5,7-8,12,17H,3,6,9-11H2,1-2H3,(H,18,20)(H,19,21)/t12-/m1/s1. The Balaban J connectivity index is 1.80. The van der Waals surface area contributed by atoms with Crippen molar-refractivity contribution in [3.05, 3.63) is 29.8 Å². The average molecular weight is 352 g/mol. The van der Waals surface area contributed by atoms with Gasteiger partial charge >= 0.3 is 0 Å². The summed E-state index contributed by atoms with van der Waals surface area (Å²) in [7, 11) is -3.50. The lowest BCUT2D eigenvalue weighted by Crippen LogP contribution is -2.38. The van der Waals surface area contributed by atoms with E-state index in [1.807, 2.05) is 13.8 Å². The zero-order valence-corrected chi connectivity index (χ0v) is 14.8. The molecular weight excluding hydrogens is 328 g/mol. The summed E-state index contributed by atoms with van der Waals surface area (Å²) in [6.07, 6.45) is 0.929. The Kier molecular flexibility index (Phi) is 6.33. The van der Waals surface area contributed by atoms with Crippen molar-refractivity contribution in [3.63, 3.8) is 0 Å². The van der Waals surface area contributed by atoms with Gasteiger partial charge < -0.3 is 10.6 Å². The monoisotopic (exact) mass is 352 g/mol. The molecule has 1 amide bonds. The van der Waals surface area contributed by atoms with Crippen LogP contribution in [0.1, 0.15) is 32.3 Å². The minimum atomic E-state index is -3.50. The van der Waals surface area contributed by atoms with Crippen molar-refractivity contribution in [3.8, 4) is 0 Å². The molecule has 0 unspecified atom stereocenters. The quantitative estimate of drug-likeness (QED) is 0.597. The highest BCUT2D eigenvalue weighted by molar-refractivity contribution is 7.90. The summed E-state index contributed by atoms with van der Waals surface area (Å²) in [6.45, 7) is 5.88. The predicted octanol–water partition coefficient (Wildman–Crippen LogP) is 0.620. The molecule has 0 spiro atoms. The van der Waals surface area contributed by atoms with Crippen molar-refractivity contribution in [1.29, 1.82) is 0 Å². The Labute approximate surface area is 143 Å². The number of amidine groups is 1. The number of nitrogens with zero attached hydrogens (tertiary/aromatic N) is 1. The maximum atomic E-state index is 11.9. The summed E-state index contributed by atoms with van der Waals surface area (Å²) < 4.78 is 26.3. The summed E-state index contributed by atoms with van der Waals surface area (Å²) in [6, 6.07) is 6.97. The van der Waals surface area contributed by atoms with Gasteiger partial charge in [-0.15, -0.1) is 0 Å². The van der Waals surface area contributed by atoms with Crippen LogP contribution in [0.3, 0.4) is 0 Å². The highest BCUT2D eigenvalue weighted by Gasteiger charge is 2.29. The third kappa shape index (κ3) is 4.78. The second-order valence-electron chi connectivity index (χ2n) is 5.70. The Morgan fingerprint density at radius 1 is 1.33 bits per heavy atom. The first kappa shape index (κ1) is 18.4. The highest BCUT2D eigenvalue weighted by Crippen LogP contribution is 2.22. The molecule has 7 nitrogen and oxygen atoms in total. The third-order valence-corrected chi connectivity index (χ3v) is 5.05. The number of amides is 1. The van der Waals surface area contributed by atoms with Gasteiger partial charge in [0.25, 0.3) is 10.0 Å². The summed E-state index contributed by atoms with van der Waals surface area (Å²) >= 11 is 0. The zero-order chi connectivity index (χ0) is 17.6. The summed E-state index contributed by atoms with van der Waals surface area (Å²) in [4.78, 5) is 16.3. The second-order valence-corrected chi connectivity index (χ2v) is 7.35. The second kappa shape index (κ2) is 8.25. The fourth-order valence-electron chi connectivity index (χ4n) is 2.46. The van der Waals surface area contributed by atoms with Gasteiger partial charge in [-0.3, -0.25) is 14.5 Å². The third-order valence-electron chi connectivity index (χ3n) is 3.65. The zero-order valence-electron chi connectivity index (χ0n) is 14.0. The van der Waals surface area contributed by atoms with E-state index in [1.54, 1.807) is 24.3 Å². The van der Waals surface area contributed by atoms with Crippen LogP contribution in [0, 0.1) is 0 Å². The van der Waals surface area contributed by atoms with Gasteiger partial charge in [0, 0.05) is 31.1 Å². The lowest BCUT2D eigenvalue weighted by molar-refractivity contribution is -0.121. The summed E-state index contributed by atoms with van der Waals surface area (Å²) in [5.41, 5.74) is 0.585. The molecule has 0 saturated heterocycles. The maximum absolute atomic E-state index is 11.9. The van der Waals surface area contributed by atoms with Crippen molar-refractivity contribution < 1.29 is 13.2 Å². The van der Waals surface area contributed by atoms with Crippen LogP contribution in [0.5, 0.6) is 0 Å². The van der Waals surface area contributed by atoms with Gasteiger partial charge in [0.15, 0.2) is 0 Å². The predicted molar refractivity (Wildman–Crippen MR) is 93.5 cm³/mol. The van der Waals surface area contributed by atoms with Crippen LogP contribution in [-0.2, 0) is 14.8 Å². The topological polar surface area (TPSA) is 99.7 Å². The molecule has 1 aromatic rings. The number of fused-ring (bicyclic) bond motifs is 1. The van der Waals surface area contributed by atoms with Gasteiger partial charge in [0.1, 0.15) is 5.84 Å². The fourth-order valence-corrected chi connectivity index (χ4v) is 3.71. The largest absolute Gasteiger partial charge is 0.355 e. The first-order valence-corrected chi connectivity index (χ1v) is 9.59. The molecule has 1 aliphatic heterocycles. The van der Waals surface area contributed by atoms with Crippen molar-refractivity contribution >= 4 is 21.8 Å². The number of hydrogen-bond acceptors (Lipinski definition) is 5. The molecule has 0 aromatic heterocycles. The number of aliphatic imine (C=N–C) groups is 1. The van der Waals surface area contributed by atoms with Crippen molar-refractivity contribution in [1.82, 2.24) is 15.4 Å². The van der Waals surface area contributed by atoms with Crippen LogP contribution in [0.15, 0.2) is 34.2 Å². The fraction of sp³-hybridized carbons (Fsp3) is 0.500. The number of hydrogen-bond donors (Lipinski definition) is 3. The SMILES string of the molecule is CCN[C@H](C)CNC(=O)CCCN=C1NS(=O)(=O)c2ccccc21. The Morgan fingerprint density at radius 2 is 2.08 bits per heavy atom. The number of carbonyl (C=O) groups is 1. The lowest BCUT2D eigenvalue weighted by Gasteiger charge is -2.12. The van der Waals surface area contributed by atoms with Crippen molar-refractivity contribution in [2.45, 2.75) is 37.6 Å². The molecule has 8 heteroatoms. The van der Waals surface area contributed by atoms with Crippen LogP contribution in [0.4, 0.5) is 0 Å². The molecule has 3 N–H and O–H groups in total. The van der Waals surface area contributed by atoms with Gasteiger partial charge in [0.2, 0.25) is 5.91 Å². The molecule has 24 heavy (non-hydrogen) atoms. The van der Waals surface area contributed by atoms with Crippen molar-refractivity contribution in [2.75, 3.05) is 19.6 Å².